The smallest absolute Gasteiger partial charge is 0.111 e. The Morgan fingerprint density at radius 3 is 2.41 bits per heavy atom. The van der Waals surface area contributed by atoms with E-state index in [0.717, 1.165) is 25.0 Å². The lowest BCUT2D eigenvalue weighted by molar-refractivity contribution is 0.308. The molecule has 0 amide bonds. The van der Waals surface area contributed by atoms with Gasteiger partial charge in [-0.2, -0.15) is 0 Å². The molecule has 0 aromatic heterocycles. The minimum atomic E-state index is 0.672. The van der Waals surface area contributed by atoms with E-state index >= 15 is 0 Å². The Labute approximate surface area is 107 Å². The molecule has 0 fully saturated rings. The number of hydrogen-bond acceptors (Lipinski definition) is 2. The monoisotopic (exact) mass is 237 g/mol. The quantitative estimate of drug-likeness (QED) is 0.423. The predicted molar refractivity (Wildman–Crippen MR) is 76.1 cm³/mol. The molecule has 0 N–H and O–H groups in total. The first-order valence-electron chi connectivity index (χ1n) is 6.37. The predicted octanol–water partition coefficient (Wildman–Crippen LogP) is 3.77. The van der Waals surface area contributed by atoms with E-state index in [9.17, 15) is 0 Å². The highest BCUT2D eigenvalue weighted by atomic mass is 16.5. The molecule has 0 saturated heterocycles. The Bertz CT molecular complexity index is 256. The maximum Gasteiger partial charge on any atom is 0.111 e. The van der Waals surface area contributed by atoms with Gasteiger partial charge in [-0.05, 0) is 45.5 Å². The maximum absolute atomic E-state index is 4.96. The molecule has 0 aromatic carbocycles. The highest BCUT2D eigenvalue weighted by molar-refractivity contribution is 5.20. The fraction of sp³-hybridized carbons (Fsp3) is 0.600. The molecule has 0 aliphatic carbocycles. The maximum atomic E-state index is 4.96. The van der Waals surface area contributed by atoms with Crippen molar-refractivity contribution < 1.29 is 4.74 Å². The van der Waals surface area contributed by atoms with E-state index in [-0.39, 0.29) is 0 Å². The van der Waals surface area contributed by atoms with Crippen molar-refractivity contribution in [1.82, 2.24) is 4.90 Å². The van der Waals surface area contributed by atoms with Crippen molar-refractivity contribution in [3.8, 4) is 0 Å². The Kier molecular flexibility index (Phi) is 9.55. The summed E-state index contributed by atoms with van der Waals surface area (Å²) in [7, 11) is 3.80. The third-order valence-corrected chi connectivity index (χ3v) is 2.70. The van der Waals surface area contributed by atoms with Crippen LogP contribution in [-0.4, -0.2) is 32.1 Å². The summed E-state index contributed by atoms with van der Waals surface area (Å²) in [5.41, 5.74) is 1.13. The SMILES string of the molecule is C=C(/C=C/C(=C)OC)CCCN(C)CCCC. The Hall–Kier alpha value is -1.02. The van der Waals surface area contributed by atoms with Crippen LogP contribution in [0.4, 0.5) is 0 Å². The van der Waals surface area contributed by atoms with Crippen LogP contribution in [0, 0.1) is 0 Å². The van der Waals surface area contributed by atoms with Crippen LogP contribution in [0.5, 0.6) is 0 Å². The minimum absolute atomic E-state index is 0.672. The molecule has 98 valence electrons. The summed E-state index contributed by atoms with van der Waals surface area (Å²) < 4.78 is 4.96. The van der Waals surface area contributed by atoms with Crippen molar-refractivity contribution >= 4 is 0 Å². The minimum Gasteiger partial charge on any atom is -0.497 e. The Balaban J connectivity index is 3.64. The average molecular weight is 237 g/mol. The topological polar surface area (TPSA) is 12.5 Å². The van der Waals surface area contributed by atoms with Crippen LogP contribution < -0.4 is 0 Å². The van der Waals surface area contributed by atoms with Crippen molar-refractivity contribution in [3.05, 3.63) is 36.6 Å². The van der Waals surface area contributed by atoms with E-state index in [2.05, 4.69) is 32.0 Å². The lowest BCUT2D eigenvalue weighted by Gasteiger charge is -2.15. The molecule has 0 spiro atoms. The summed E-state index contributed by atoms with van der Waals surface area (Å²) >= 11 is 0. The van der Waals surface area contributed by atoms with Crippen molar-refractivity contribution in [3.63, 3.8) is 0 Å². The lowest BCUT2D eigenvalue weighted by atomic mass is 10.1. The standard InChI is InChI=1S/C15H27NO/c1-6-7-12-16(4)13-8-9-14(2)10-11-15(3)17-5/h10-11H,2-3,6-9,12-13H2,1,4-5H3/b11-10+. The highest BCUT2D eigenvalue weighted by Gasteiger charge is 1.97. The molecule has 0 rings (SSSR count). The van der Waals surface area contributed by atoms with Crippen LogP contribution in [0.15, 0.2) is 36.6 Å². The summed E-state index contributed by atoms with van der Waals surface area (Å²) in [5, 5.41) is 0. The first kappa shape index (κ1) is 16.0. The van der Waals surface area contributed by atoms with E-state index in [4.69, 9.17) is 4.74 Å². The van der Waals surface area contributed by atoms with Crippen LogP contribution in [0.1, 0.15) is 32.6 Å². The highest BCUT2D eigenvalue weighted by Crippen LogP contribution is 2.07. The summed E-state index contributed by atoms with van der Waals surface area (Å²) in [4.78, 5) is 2.38. The molecule has 0 atom stereocenters. The molecule has 17 heavy (non-hydrogen) atoms. The zero-order valence-corrected chi connectivity index (χ0v) is 11.7. The normalized spacial score (nSPS) is 11.1. The zero-order valence-electron chi connectivity index (χ0n) is 11.7. The first-order valence-corrected chi connectivity index (χ1v) is 6.37. The molecule has 0 unspecified atom stereocenters. The first-order chi connectivity index (χ1) is 8.10. The van der Waals surface area contributed by atoms with E-state index in [1.807, 2.05) is 12.2 Å². The number of hydrogen-bond donors (Lipinski definition) is 0. The van der Waals surface area contributed by atoms with Gasteiger partial charge in [0.15, 0.2) is 0 Å². The summed E-state index contributed by atoms with van der Waals surface area (Å²) in [6, 6.07) is 0. The Morgan fingerprint density at radius 1 is 1.18 bits per heavy atom. The van der Waals surface area contributed by atoms with Gasteiger partial charge in [-0.3, -0.25) is 0 Å². The number of methoxy groups -OCH3 is 1. The lowest BCUT2D eigenvalue weighted by Crippen LogP contribution is -2.20. The van der Waals surface area contributed by atoms with Crippen molar-refractivity contribution in [1.29, 1.82) is 0 Å². The van der Waals surface area contributed by atoms with Gasteiger partial charge in [-0.1, -0.05) is 38.2 Å². The second-order valence-corrected chi connectivity index (χ2v) is 4.42. The molecule has 0 heterocycles. The molecule has 2 nitrogen and oxygen atoms in total. The number of allylic oxidation sites excluding steroid dienone is 3. The van der Waals surface area contributed by atoms with E-state index in [0.29, 0.717) is 5.76 Å². The van der Waals surface area contributed by atoms with Crippen LogP contribution in [-0.2, 0) is 4.74 Å². The van der Waals surface area contributed by atoms with Crippen molar-refractivity contribution in [2.75, 3.05) is 27.2 Å². The van der Waals surface area contributed by atoms with E-state index in [1.165, 1.54) is 19.4 Å². The van der Waals surface area contributed by atoms with Gasteiger partial charge in [0.25, 0.3) is 0 Å². The summed E-state index contributed by atoms with van der Waals surface area (Å²) in [6.45, 7) is 12.3. The fourth-order valence-corrected chi connectivity index (χ4v) is 1.48. The Morgan fingerprint density at radius 2 is 1.82 bits per heavy atom. The van der Waals surface area contributed by atoms with Crippen LogP contribution in [0.2, 0.25) is 0 Å². The number of unbranched alkanes of at least 4 members (excludes halogenated alkanes) is 1. The second kappa shape index (κ2) is 10.2. The largest absolute Gasteiger partial charge is 0.497 e. The fourth-order valence-electron chi connectivity index (χ4n) is 1.48. The second-order valence-electron chi connectivity index (χ2n) is 4.42. The summed E-state index contributed by atoms with van der Waals surface area (Å²) in [5.74, 6) is 0.672. The van der Waals surface area contributed by atoms with Gasteiger partial charge in [0, 0.05) is 0 Å². The van der Waals surface area contributed by atoms with Crippen LogP contribution in [0.3, 0.4) is 0 Å². The molecule has 0 bridgehead atoms. The van der Waals surface area contributed by atoms with Crippen LogP contribution in [0.25, 0.3) is 0 Å². The number of nitrogens with zero attached hydrogens (tertiary/aromatic N) is 1. The van der Waals surface area contributed by atoms with Gasteiger partial charge in [0.05, 0.1) is 7.11 Å². The molecular formula is C15H27NO. The van der Waals surface area contributed by atoms with E-state index < -0.39 is 0 Å². The average Bonchev–Trinajstić information content (AvgIpc) is 2.33. The van der Waals surface area contributed by atoms with Gasteiger partial charge in [-0.25, -0.2) is 0 Å². The van der Waals surface area contributed by atoms with Gasteiger partial charge < -0.3 is 9.64 Å². The van der Waals surface area contributed by atoms with Gasteiger partial charge in [0.2, 0.25) is 0 Å². The number of ether oxygens (including phenoxy) is 1. The molecule has 0 aliphatic heterocycles. The zero-order chi connectivity index (χ0) is 13.1. The summed E-state index contributed by atoms with van der Waals surface area (Å²) in [6.07, 6.45) is 8.58. The molecule has 0 aromatic rings. The third kappa shape index (κ3) is 9.88. The van der Waals surface area contributed by atoms with Gasteiger partial charge >= 0.3 is 0 Å². The molecule has 0 saturated carbocycles. The van der Waals surface area contributed by atoms with Crippen molar-refractivity contribution in [2.24, 2.45) is 0 Å². The molecular weight excluding hydrogens is 210 g/mol. The molecule has 0 aliphatic rings. The molecule has 0 radical (unpaired) electrons. The van der Waals surface area contributed by atoms with E-state index in [1.54, 1.807) is 7.11 Å². The van der Waals surface area contributed by atoms with Gasteiger partial charge in [-0.15, -0.1) is 0 Å². The molecule has 2 heteroatoms. The van der Waals surface area contributed by atoms with Gasteiger partial charge in [0.1, 0.15) is 5.76 Å². The third-order valence-electron chi connectivity index (χ3n) is 2.70. The number of rotatable bonds is 10. The van der Waals surface area contributed by atoms with Crippen LogP contribution >= 0.6 is 0 Å². The van der Waals surface area contributed by atoms with Crippen molar-refractivity contribution in [2.45, 2.75) is 32.6 Å².